The summed E-state index contributed by atoms with van der Waals surface area (Å²) < 4.78 is 20.9. The number of fused-ring (bicyclic) bond motifs is 1. The van der Waals surface area contributed by atoms with Crippen molar-refractivity contribution in [3.8, 4) is 5.75 Å². The van der Waals surface area contributed by atoms with Gasteiger partial charge in [0.05, 0.1) is 24.1 Å². The van der Waals surface area contributed by atoms with Gasteiger partial charge in [0.2, 0.25) is 0 Å². The predicted molar refractivity (Wildman–Crippen MR) is 67.8 cm³/mol. The Balaban J connectivity index is 1.55. The van der Waals surface area contributed by atoms with Gasteiger partial charge in [0, 0.05) is 12.1 Å². The van der Waals surface area contributed by atoms with Crippen molar-refractivity contribution < 1.29 is 28.7 Å². The highest BCUT2D eigenvalue weighted by atomic mass is 16.8. The van der Waals surface area contributed by atoms with Crippen molar-refractivity contribution in [2.24, 2.45) is 5.92 Å². The van der Waals surface area contributed by atoms with Crippen LogP contribution >= 0.6 is 0 Å². The number of ether oxygens (including phenoxy) is 4. The summed E-state index contributed by atoms with van der Waals surface area (Å²) in [5, 5.41) is 10.5. The Morgan fingerprint density at radius 2 is 2.05 bits per heavy atom. The molecule has 0 bridgehead atoms. The van der Waals surface area contributed by atoms with E-state index in [2.05, 4.69) is 0 Å². The third-order valence-electron chi connectivity index (χ3n) is 3.48. The second-order valence-electron chi connectivity index (χ2n) is 4.78. The molecule has 2 aliphatic heterocycles. The van der Waals surface area contributed by atoms with Gasteiger partial charge in [-0.05, 0) is 18.6 Å². The van der Waals surface area contributed by atoms with E-state index in [0.717, 1.165) is 6.42 Å². The average Bonchev–Trinajstić information content (AvgIpc) is 3.04. The maximum Gasteiger partial charge on any atom is 0.514 e. The van der Waals surface area contributed by atoms with Gasteiger partial charge in [0.1, 0.15) is 11.9 Å². The number of non-ortho nitro benzene ring substituents is 1. The molecule has 0 N–H and O–H groups in total. The molecule has 0 spiro atoms. The van der Waals surface area contributed by atoms with E-state index in [9.17, 15) is 14.9 Å². The standard InChI is InChI=1S/C13H13NO7/c15-13(20-9-3-1-8(2-4-9)14(16)17)21-11-7-19-12-10(11)5-6-18-12/h1-4,10-12H,5-7H2/t10-,11-,12?/m0/s1. The summed E-state index contributed by atoms with van der Waals surface area (Å²) in [6.07, 6.45) is -0.768. The minimum absolute atomic E-state index is 0.0365. The van der Waals surface area contributed by atoms with E-state index in [4.69, 9.17) is 18.9 Å². The van der Waals surface area contributed by atoms with Crippen LogP contribution in [-0.2, 0) is 14.2 Å². The van der Waals surface area contributed by atoms with Gasteiger partial charge in [-0.3, -0.25) is 10.1 Å². The summed E-state index contributed by atoms with van der Waals surface area (Å²) in [5.74, 6) is 0.221. The van der Waals surface area contributed by atoms with E-state index in [1.807, 2.05) is 0 Å². The van der Waals surface area contributed by atoms with Gasteiger partial charge in [0.25, 0.3) is 5.69 Å². The highest BCUT2D eigenvalue weighted by Crippen LogP contribution is 2.33. The number of carbonyl (C=O) groups is 1. The first-order valence-corrected chi connectivity index (χ1v) is 6.49. The Morgan fingerprint density at radius 3 is 2.76 bits per heavy atom. The van der Waals surface area contributed by atoms with Crippen molar-refractivity contribution in [3.05, 3.63) is 34.4 Å². The zero-order valence-corrected chi connectivity index (χ0v) is 11.0. The Morgan fingerprint density at radius 1 is 1.29 bits per heavy atom. The zero-order valence-electron chi connectivity index (χ0n) is 11.0. The summed E-state index contributed by atoms with van der Waals surface area (Å²) in [6.45, 7) is 0.872. The number of nitro groups is 1. The summed E-state index contributed by atoms with van der Waals surface area (Å²) in [7, 11) is 0. The number of rotatable bonds is 3. The van der Waals surface area contributed by atoms with Gasteiger partial charge in [-0.25, -0.2) is 4.79 Å². The summed E-state index contributed by atoms with van der Waals surface area (Å²) in [4.78, 5) is 21.7. The minimum atomic E-state index is -0.856. The van der Waals surface area contributed by atoms with Gasteiger partial charge < -0.3 is 18.9 Å². The molecule has 2 aliphatic rings. The maximum absolute atomic E-state index is 11.7. The van der Waals surface area contributed by atoms with Crippen LogP contribution in [0.2, 0.25) is 0 Å². The molecular formula is C13H13NO7. The fraction of sp³-hybridized carbons (Fsp3) is 0.462. The fourth-order valence-electron chi connectivity index (χ4n) is 2.43. The second-order valence-corrected chi connectivity index (χ2v) is 4.78. The van der Waals surface area contributed by atoms with Crippen molar-refractivity contribution in [2.45, 2.75) is 18.8 Å². The van der Waals surface area contributed by atoms with Gasteiger partial charge in [0.15, 0.2) is 6.29 Å². The number of nitro benzene ring substituents is 1. The van der Waals surface area contributed by atoms with E-state index < -0.39 is 11.1 Å². The maximum atomic E-state index is 11.7. The van der Waals surface area contributed by atoms with Gasteiger partial charge in [-0.1, -0.05) is 0 Å². The highest BCUT2D eigenvalue weighted by Gasteiger charge is 2.44. The zero-order chi connectivity index (χ0) is 14.8. The summed E-state index contributed by atoms with van der Waals surface area (Å²) in [6, 6.07) is 5.18. The molecule has 1 aromatic rings. The van der Waals surface area contributed by atoms with Crippen LogP contribution in [0.15, 0.2) is 24.3 Å². The lowest BCUT2D eigenvalue weighted by Gasteiger charge is -2.15. The van der Waals surface area contributed by atoms with E-state index in [1.165, 1.54) is 24.3 Å². The van der Waals surface area contributed by atoms with Crippen molar-refractivity contribution in [1.82, 2.24) is 0 Å². The molecule has 3 atom stereocenters. The SMILES string of the molecule is O=C(Oc1ccc([N+](=O)[O-])cc1)O[C@H]1COC2OCC[C@H]21. The average molecular weight is 295 g/mol. The Labute approximate surface area is 119 Å². The monoisotopic (exact) mass is 295 g/mol. The van der Waals surface area contributed by atoms with Gasteiger partial charge >= 0.3 is 6.16 Å². The van der Waals surface area contributed by atoms with Crippen molar-refractivity contribution in [2.75, 3.05) is 13.2 Å². The molecule has 2 heterocycles. The largest absolute Gasteiger partial charge is 0.514 e. The molecule has 1 unspecified atom stereocenters. The van der Waals surface area contributed by atoms with E-state index >= 15 is 0 Å². The molecule has 3 rings (SSSR count). The molecule has 112 valence electrons. The van der Waals surface area contributed by atoms with Crippen LogP contribution in [-0.4, -0.2) is 36.7 Å². The van der Waals surface area contributed by atoms with Crippen molar-refractivity contribution >= 4 is 11.8 Å². The molecule has 0 amide bonds. The quantitative estimate of drug-likeness (QED) is 0.363. The summed E-state index contributed by atoms with van der Waals surface area (Å²) in [5.41, 5.74) is -0.0779. The lowest BCUT2D eigenvalue weighted by atomic mass is 10.0. The van der Waals surface area contributed by atoms with Crippen LogP contribution in [0.4, 0.5) is 10.5 Å². The van der Waals surface area contributed by atoms with Gasteiger partial charge in [-0.15, -0.1) is 0 Å². The smallest absolute Gasteiger partial charge is 0.428 e. The fourth-order valence-corrected chi connectivity index (χ4v) is 2.43. The normalized spacial score (nSPS) is 27.1. The molecule has 0 aromatic heterocycles. The number of hydrogen-bond donors (Lipinski definition) is 0. The molecule has 2 fully saturated rings. The second kappa shape index (κ2) is 5.66. The predicted octanol–water partition coefficient (Wildman–Crippen LogP) is 1.87. The van der Waals surface area contributed by atoms with Crippen LogP contribution < -0.4 is 4.74 Å². The Hall–Kier alpha value is -2.19. The van der Waals surface area contributed by atoms with Crippen LogP contribution in [0, 0.1) is 16.0 Å². The first-order valence-electron chi connectivity index (χ1n) is 6.49. The van der Waals surface area contributed by atoms with Crippen LogP contribution in [0.5, 0.6) is 5.75 Å². The third kappa shape index (κ3) is 2.96. The van der Waals surface area contributed by atoms with Crippen molar-refractivity contribution in [1.29, 1.82) is 0 Å². The molecule has 0 radical (unpaired) electrons. The molecule has 8 heteroatoms. The topological polar surface area (TPSA) is 97.1 Å². The van der Waals surface area contributed by atoms with E-state index in [0.29, 0.717) is 6.61 Å². The Bertz CT molecular complexity index is 544. The molecular weight excluding hydrogens is 282 g/mol. The molecule has 2 saturated heterocycles. The first-order chi connectivity index (χ1) is 10.1. The van der Waals surface area contributed by atoms with Crippen molar-refractivity contribution in [3.63, 3.8) is 0 Å². The number of benzene rings is 1. The molecule has 0 saturated carbocycles. The van der Waals surface area contributed by atoms with Gasteiger partial charge in [-0.2, -0.15) is 0 Å². The van der Waals surface area contributed by atoms with Crippen LogP contribution in [0.25, 0.3) is 0 Å². The van der Waals surface area contributed by atoms with Crippen LogP contribution in [0.3, 0.4) is 0 Å². The van der Waals surface area contributed by atoms with E-state index in [-0.39, 0.29) is 36.4 Å². The number of carbonyl (C=O) groups excluding carboxylic acids is 1. The molecule has 8 nitrogen and oxygen atoms in total. The highest BCUT2D eigenvalue weighted by molar-refractivity contribution is 5.64. The first kappa shape index (κ1) is 13.8. The molecule has 0 aliphatic carbocycles. The summed E-state index contributed by atoms with van der Waals surface area (Å²) >= 11 is 0. The lowest BCUT2D eigenvalue weighted by Crippen LogP contribution is -2.27. The van der Waals surface area contributed by atoms with Crippen LogP contribution in [0.1, 0.15) is 6.42 Å². The molecule has 1 aromatic carbocycles. The lowest BCUT2D eigenvalue weighted by molar-refractivity contribution is -0.384. The molecule has 21 heavy (non-hydrogen) atoms. The third-order valence-corrected chi connectivity index (χ3v) is 3.48. The Kier molecular flexibility index (Phi) is 3.72. The minimum Gasteiger partial charge on any atom is -0.428 e. The van der Waals surface area contributed by atoms with E-state index in [1.54, 1.807) is 0 Å². The number of hydrogen-bond acceptors (Lipinski definition) is 7. The number of nitrogens with zero attached hydrogens (tertiary/aromatic N) is 1.